The Morgan fingerprint density at radius 2 is 1.94 bits per heavy atom. The lowest BCUT2D eigenvalue weighted by Crippen LogP contribution is -1.96. The minimum atomic E-state index is -0.390. The van der Waals surface area contributed by atoms with E-state index in [0.717, 1.165) is 16.7 Å². The summed E-state index contributed by atoms with van der Waals surface area (Å²) in [5.74, 6) is 0.312. The molecule has 0 atom stereocenters. The first-order chi connectivity index (χ1) is 8.67. The van der Waals surface area contributed by atoms with Crippen molar-refractivity contribution in [3.05, 3.63) is 53.3 Å². The molecule has 0 bridgehead atoms. The van der Waals surface area contributed by atoms with Crippen LogP contribution in [-0.2, 0) is 6.61 Å². The van der Waals surface area contributed by atoms with E-state index in [4.69, 9.17) is 9.84 Å². The maximum Gasteiger partial charge on any atom is 0.129 e. The van der Waals surface area contributed by atoms with Crippen LogP contribution in [0.1, 0.15) is 11.1 Å². The summed E-state index contributed by atoms with van der Waals surface area (Å²) in [5.41, 5.74) is 2.66. The zero-order chi connectivity index (χ0) is 13.1. The SMILES string of the molecule is COc1ccccc1-c1cc(C)c(CO)c(F)c1. The van der Waals surface area contributed by atoms with Gasteiger partial charge in [0.2, 0.25) is 0 Å². The Hall–Kier alpha value is -1.87. The van der Waals surface area contributed by atoms with E-state index >= 15 is 0 Å². The quantitative estimate of drug-likeness (QED) is 0.900. The molecule has 0 fully saturated rings. The number of methoxy groups -OCH3 is 1. The second kappa shape index (κ2) is 5.19. The van der Waals surface area contributed by atoms with Crippen molar-refractivity contribution in [3.63, 3.8) is 0 Å². The molecule has 0 spiro atoms. The average Bonchev–Trinajstić information content (AvgIpc) is 2.38. The largest absolute Gasteiger partial charge is 0.496 e. The van der Waals surface area contributed by atoms with Crippen LogP contribution in [0.25, 0.3) is 11.1 Å². The van der Waals surface area contributed by atoms with Crippen molar-refractivity contribution in [1.29, 1.82) is 0 Å². The average molecular weight is 246 g/mol. The zero-order valence-corrected chi connectivity index (χ0v) is 10.4. The molecule has 2 aromatic rings. The van der Waals surface area contributed by atoms with E-state index in [-0.39, 0.29) is 6.61 Å². The molecule has 1 N–H and O–H groups in total. The van der Waals surface area contributed by atoms with E-state index in [0.29, 0.717) is 11.3 Å². The van der Waals surface area contributed by atoms with Crippen LogP contribution in [0.5, 0.6) is 5.75 Å². The van der Waals surface area contributed by atoms with Crippen LogP contribution >= 0.6 is 0 Å². The molecule has 3 heteroatoms. The molecule has 18 heavy (non-hydrogen) atoms. The van der Waals surface area contributed by atoms with Gasteiger partial charge in [0.15, 0.2) is 0 Å². The van der Waals surface area contributed by atoms with Gasteiger partial charge in [-0.3, -0.25) is 0 Å². The standard InChI is InChI=1S/C15H15FO2/c1-10-7-11(8-14(16)13(10)9-17)12-5-3-4-6-15(12)18-2/h3-8,17H,9H2,1-2H3. The van der Waals surface area contributed by atoms with E-state index < -0.39 is 5.82 Å². The van der Waals surface area contributed by atoms with Crippen LogP contribution in [0, 0.1) is 12.7 Å². The number of aliphatic hydroxyl groups excluding tert-OH is 1. The number of hydrogen-bond acceptors (Lipinski definition) is 2. The summed E-state index contributed by atoms with van der Waals surface area (Å²) in [4.78, 5) is 0. The highest BCUT2D eigenvalue weighted by atomic mass is 19.1. The van der Waals surface area contributed by atoms with Gasteiger partial charge in [-0.25, -0.2) is 4.39 Å². The van der Waals surface area contributed by atoms with Gasteiger partial charge in [-0.05, 0) is 30.2 Å². The van der Waals surface area contributed by atoms with Crippen molar-refractivity contribution in [1.82, 2.24) is 0 Å². The van der Waals surface area contributed by atoms with Crippen LogP contribution < -0.4 is 4.74 Å². The molecule has 0 aliphatic carbocycles. The van der Waals surface area contributed by atoms with E-state index in [1.807, 2.05) is 30.3 Å². The predicted octanol–water partition coefficient (Wildman–Crippen LogP) is 3.30. The highest BCUT2D eigenvalue weighted by molar-refractivity contribution is 5.71. The van der Waals surface area contributed by atoms with Crippen LogP contribution in [0.3, 0.4) is 0 Å². The van der Waals surface area contributed by atoms with Crippen molar-refractivity contribution >= 4 is 0 Å². The maximum atomic E-state index is 13.8. The summed E-state index contributed by atoms with van der Waals surface area (Å²) in [6.07, 6.45) is 0. The normalized spacial score (nSPS) is 10.4. The monoisotopic (exact) mass is 246 g/mol. The van der Waals surface area contributed by atoms with Crippen molar-refractivity contribution in [2.75, 3.05) is 7.11 Å². The van der Waals surface area contributed by atoms with E-state index in [2.05, 4.69) is 0 Å². The van der Waals surface area contributed by atoms with Crippen molar-refractivity contribution < 1.29 is 14.2 Å². The third-order valence-electron chi connectivity index (χ3n) is 2.99. The van der Waals surface area contributed by atoms with Gasteiger partial charge < -0.3 is 9.84 Å². The molecule has 0 aliphatic heterocycles. The lowest BCUT2D eigenvalue weighted by Gasteiger charge is -2.11. The molecule has 0 unspecified atom stereocenters. The van der Waals surface area contributed by atoms with Gasteiger partial charge in [0, 0.05) is 11.1 Å². The maximum absolute atomic E-state index is 13.8. The molecule has 2 nitrogen and oxygen atoms in total. The van der Waals surface area contributed by atoms with Gasteiger partial charge in [0.1, 0.15) is 11.6 Å². The van der Waals surface area contributed by atoms with Gasteiger partial charge in [0.25, 0.3) is 0 Å². The summed E-state index contributed by atoms with van der Waals surface area (Å²) in [6.45, 7) is 1.50. The highest BCUT2D eigenvalue weighted by Crippen LogP contribution is 2.31. The predicted molar refractivity (Wildman–Crippen MR) is 69.0 cm³/mol. The third-order valence-corrected chi connectivity index (χ3v) is 2.99. The fourth-order valence-corrected chi connectivity index (χ4v) is 2.01. The summed E-state index contributed by atoms with van der Waals surface area (Å²) in [6, 6.07) is 10.7. The number of para-hydroxylation sites is 1. The second-order valence-electron chi connectivity index (χ2n) is 4.11. The zero-order valence-electron chi connectivity index (χ0n) is 10.4. The summed E-state index contributed by atoms with van der Waals surface area (Å²) < 4.78 is 19.1. The number of rotatable bonds is 3. The van der Waals surface area contributed by atoms with Crippen molar-refractivity contribution in [3.8, 4) is 16.9 Å². The number of aliphatic hydroxyl groups is 1. The number of benzene rings is 2. The fourth-order valence-electron chi connectivity index (χ4n) is 2.01. The number of aryl methyl sites for hydroxylation is 1. The topological polar surface area (TPSA) is 29.5 Å². The van der Waals surface area contributed by atoms with E-state index in [9.17, 15) is 4.39 Å². The van der Waals surface area contributed by atoms with Crippen LogP contribution in [0.15, 0.2) is 36.4 Å². The summed E-state index contributed by atoms with van der Waals surface area (Å²) in [7, 11) is 1.59. The first-order valence-electron chi connectivity index (χ1n) is 5.70. The lowest BCUT2D eigenvalue weighted by atomic mass is 9.99. The number of hydrogen-bond donors (Lipinski definition) is 1. The van der Waals surface area contributed by atoms with Gasteiger partial charge in [-0.1, -0.05) is 24.3 Å². The molecular weight excluding hydrogens is 231 g/mol. The minimum Gasteiger partial charge on any atom is -0.496 e. The Kier molecular flexibility index (Phi) is 3.63. The first-order valence-corrected chi connectivity index (χ1v) is 5.70. The molecule has 0 saturated heterocycles. The minimum absolute atomic E-state index is 0.288. The number of halogens is 1. The first kappa shape index (κ1) is 12.6. The Morgan fingerprint density at radius 3 is 2.56 bits per heavy atom. The molecule has 0 aliphatic rings. The van der Waals surface area contributed by atoms with Crippen LogP contribution in [-0.4, -0.2) is 12.2 Å². The van der Waals surface area contributed by atoms with Gasteiger partial charge in [0.05, 0.1) is 13.7 Å². The second-order valence-corrected chi connectivity index (χ2v) is 4.11. The van der Waals surface area contributed by atoms with Gasteiger partial charge >= 0.3 is 0 Å². The summed E-state index contributed by atoms with van der Waals surface area (Å²) in [5, 5.41) is 9.10. The third kappa shape index (κ3) is 2.22. The van der Waals surface area contributed by atoms with Crippen molar-refractivity contribution in [2.24, 2.45) is 0 Å². The Morgan fingerprint density at radius 1 is 1.22 bits per heavy atom. The molecule has 0 radical (unpaired) electrons. The van der Waals surface area contributed by atoms with Crippen LogP contribution in [0.2, 0.25) is 0 Å². The molecule has 2 rings (SSSR count). The molecule has 94 valence electrons. The Labute approximate surface area is 106 Å². The Balaban J connectivity index is 2.58. The molecule has 0 saturated carbocycles. The molecule has 0 heterocycles. The van der Waals surface area contributed by atoms with E-state index in [1.54, 1.807) is 14.0 Å². The molecule has 2 aromatic carbocycles. The highest BCUT2D eigenvalue weighted by Gasteiger charge is 2.11. The van der Waals surface area contributed by atoms with Gasteiger partial charge in [-0.15, -0.1) is 0 Å². The van der Waals surface area contributed by atoms with E-state index in [1.165, 1.54) is 6.07 Å². The van der Waals surface area contributed by atoms with Crippen LogP contribution in [0.4, 0.5) is 4.39 Å². The molecule has 0 amide bonds. The lowest BCUT2D eigenvalue weighted by molar-refractivity contribution is 0.275. The number of ether oxygens (including phenoxy) is 1. The molecular formula is C15H15FO2. The fraction of sp³-hybridized carbons (Fsp3) is 0.200. The summed E-state index contributed by atoms with van der Waals surface area (Å²) >= 11 is 0. The smallest absolute Gasteiger partial charge is 0.129 e. The van der Waals surface area contributed by atoms with Gasteiger partial charge in [-0.2, -0.15) is 0 Å². The Bertz CT molecular complexity index is 541. The molecule has 0 aromatic heterocycles. The van der Waals surface area contributed by atoms with Crippen molar-refractivity contribution in [2.45, 2.75) is 13.5 Å².